The fraction of sp³-hybridized carbons (Fsp3) is 0.200. The molecule has 1 aromatic heterocycles. The second-order valence-corrected chi connectivity index (χ2v) is 6.30. The number of benzene rings is 2. The number of fused-ring (bicyclic) bond motifs is 1. The summed E-state index contributed by atoms with van der Waals surface area (Å²) in [6.07, 6.45) is 2.96. The van der Waals surface area contributed by atoms with E-state index in [9.17, 15) is 9.59 Å². The Labute approximate surface area is 156 Å². The van der Waals surface area contributed by atoms with E-state index >= 15 is 0 Å². The summed E-state index contributed by atoms with van der Waals surface area (Å²) in [6.45, 7) is 2.21. The number of rotatable bonds is 4. The molecule has 0 bridgehead atoms. The summed E-state index contributed by atoms with van der Waals surface area (Å²) in [6, 6.07) is 14.6. The average Bonchev–Trinajstić information content (AvgIpc) is 3.37. The first-order chi connectivity index (χ1) is 13.1. The number of hydrogen-bond acceptors (Lipinski definition) is 5. The van der Waals surface area contributed by atoms with E-state index in [0.717, 1.165) is 23.4 Å². The van der Waals surface area contributed by atoms with Gasteiger partial charge in [-0.2, -0.15) is 5.10 Å². The van der Waals surface area contributed by atoms with Gasteiger partial charge in [0.05, 0.1) is 11.3 Å². The minimum atomic E-state index is -0.862. The van der Waals surface area contributed by atoms with Gasteiger partial charge in [0.25, 0.3) is 5.91 Å². The van der Waals surface area contributed by atoms with Crippen LogP contribution in [0.3, 0.4) is 0 Å². The van der Waals surface area contributed by atoms with E-state index in [1.165, 1.54) is 6.33 Å². The molecular weight excluding hydrogens is 344 g/mol. The Kier molecular flexibility index (Phi) is 4.42. The van der Waals surface area contributed by atoms with Crippen molar-refractivity contribution in [2.75, 3.05) is 11.4 Å². The molecule has 27 heavy (non-hydrogen) atoms. The van der Waals surface area contributed by atoms with E-state index in [1.807, 2.05) is 24.3 Å². The van der Waals surface area contributed by atoms with Crippen LogP contribution in [0.2, 0.25) is 0 Å². The Bertz CT molecular complexity index is 967. The predicted octanol–water partition coefficient (Wildman–Crippen LogP) is 2.40. The van der Waals surface area contributed by atoms with Gasteiger partial charge in [-0.15, -0.1) is 0 Å². The van der Waals surface area contributed by atoms with Crippen molar-refractivity contribution >= 4 is 17.6 Å². The maximum Gasteiger partial charge on any atom is 0.338 e. The van der Waals surface area contributed by atoms with Gasteiger partial charge in [0.1, 0.15) is 12.7 Å². The van der Waals surface area contributed by atoms with Crippen LogP contribution < -0.4 is 4.90 Å². The lowest BCUT2D eigenvalue weighted by atomic mass is 10.2. The molecule has 0 saturated carbocycles. The number of carbonyl (C=O) groups excluding carboxylic acids is 2. The van der Waals surface area contributed by atoms with Gasteiger partial charge in [0, 0.05) is 12.2 Å². The first-order valence-corrected chi connectivity index (χ1v) is 8.69. The normalized spacial score (nSPS) is 13.9. The van der Waals surface area contributed by atoms with Gasteiger partial charge in [-0.25, -0.2) is 14.5 Å². The van der Waals surface area contributed by atoms with Crippen LogP contribution in [0.15, 0.2) is 61.2 Å². The minimum absolute atomic E-state index is 0.215. The number of ether oxygens (including phenoxy) is 1. The second kappa shape index (κ2) is 7.03. The number of esters is 1. The third-order valence-electron chi connectivity index (χ3n) is 4.57. The van der Waals surface area contributed by atoms with Gasteiger partial charge in [-0.1, -0.05) is 18.2 Å². The first-order valence-electron chi connectivity index (χ1n) is 8.69. The van der Waals surface area contributed by atoms with Gasteiger partial charge < -0.3 is 9.64 Å². The average molecular weight is 362 g/mol. The fourth-order valence-electron chi connectivity index (χ4n) is 3.16. The minimum Gasteiger partial charge on any atom is -0.449 e. The Hall–Kier alpha value is -3.48. The van der Waals surface area contributed by atoms with Crippen molar-refractivity contribution in [2.45, 2.75) is 19.4 Å². The SMILES string of the molecule is CC(OC(=O)c1ccc(-n2cncn2)cc1)C(=O)N1CCc2ccccc21. The smallest absolute Gasteiger partial charge is 0.338 e. The third-order valence-corrected chi connectivity index (χ3v) is 4.57. The summed E-state index contributed by atoms with van der Waals surface area (Å²) < 4.78 is 6.98. The van der Waals surface area contributed by atoms with Crippen molar-refractivity contribution in [2.24, 2.45) is 0 Å². The quantitative estimate of drug-likeness (QED) is 0.666. The van der Waals surface area contributed by atoms with Crippen LogP contribution >= 0.6 is 0 Å². The van der Waals surface area contributed by atoms with Gasteiger partial charge in [0.2, 0.25) is 0 Å². The van der Waals surface area contributed by atoms with Crippen molar-refractivity contribution < 1.29 is 14.3 Å². The molecule has 0 saturated heterocycles. The first kappa shape index (κ1) is 17.0. The fourth-order valence-corrected chi connectivity index (χ4v) is 3.16. The van der Waals surface area contributed by atoms with Crippen LogP contribution in [0.25, 0.3) is 5.69 Å². The highest BCUT2D eigenvalue weighted by Crippen LogP contribution is 2.28. The molecule has 0 radical (unpaired) electrons. The molecule has 2 heterocycles. The Morgan fingerprint density at radius 2 is 1.89 bits per heavy atom. The van der Waals surface area contributed by atoms with E-state index in [4.69, 9.17) is 4.74 Å². The molecule has 7 nitrogen and oxygen atoms in total. The number of carbonyl (C=O) groups is 2. The molecule has 1 unspecified atom stereocenters. The van der Waals surface area contributed by atoms with Crippen LogP contribution in [0, 0.1) is 0 Å². The molecule has 1 amide bonds. The number of nitrogens with zero attached hydrogens (tertiary/aromatic N) is 4. The summed E-state index contributed by atoms with van der Waals surface area (Å²) in [4.78, 5) is 30.7. The van der Waals surface area contributed by atoms with Crippen LogP contribution in [-0.2, 0) is 16.0 Å². The van der Waals surface area contributed by atoms with Crippen LogP contribution in [-0.4, -0.2) is 39.3 Å². The predicted molar refractivity (Wildman–Crippen MR) is 98.7 cm³/mol. The number of amides is 1. The van der Waals surface area contributed by atoms with Gasteiger partial charge in [-0.3, -0.25) is 4.79 Å². The second-order valence-electron chi connectivity index (χ2n) is 6.30. The Balaban J connectivity index is 1.43. The van der Waals surface area contributed by atoms with Crippen molar-refractivity contribution in [3.8, 4) is 5.69 Å². The molecule has 0 spiro atoms. The lowest BCUT2D eigenvalue weighted by Gasteiger charge is -2.21. The molecule has 1 aliphatic rings. The number of anilines is 1. The summed E-state index contributed by atoms with van der Waals surface area (Å²) in [5.74, 6) is -0.749. The zero-order valence-corrected chi connectivity index (χ0v) is 14.8. The maximum absolute atomic E-state index is 12.7. The summed E-state index contributed by atoms with van der Waals surface area (Å²) in [7, 11) is 0. The molecule has 0 N–H and O–H groups in total. The molecule has 7 heteroatoms. The zero-order valence-electron chi connectivity index (χ0n) is 14.8. The molecule has 3 aromatic rings. The molecule has 136 valence electrons. The highest BCUT2D eigenvalue weighted by molar-refractivity contribution is 6.00. The molecular formula is C20H18N4O3. The summed E-state index contributed by atoms with van der Waals surface area (Å²) in [5.41, 5.74) is 3.18. The molecule has 4 rings (SSSR count). The zero-order chi connectivity index (χ0) is 18.8. The van der Waals surface area contributed by atoms with Crippen molar-refractivity contribution in [3.05, 3.63) is 72.3 Å². The van der Waals surface area contributed by atoms with Crippen LogP contribution in [0.4, 0.5) is 5.69 Å². The number of para-hydroxylation sites is 1. The molecule has 0 fully saturated rings. The van der Waals surface area contributed by atoms with E-state index < -0.39 is 12.1 Å². The van der Waals surface area contributed by atoms with Crippen LogP contribution in [0.1, 0.15) is 22.8 Å². The lowest BCUT2D eigenvalue weighted by Crippen LogP contribution is -2.39. The maximum atomic E-state index is 12.7. The van der Waals surface area contributed by atoms with Gasteiger partial charge >= 0.3 is 5.97 Å². The Morgan fingerprint density at radius 1 is 1.11 bits per heavy atom. The van der Waals surface area contributed by atoms with E-state index in [1.54, 1.807) is 47.1 Å². The van der Waals surface area contributed by atoms with E-state index in [-0.39, 0.29) is 5.91 Å². The highest BCUT2D eigenvalue weighted by atomic mass is 16.5. The van der Waals surface area contributed by atoms with Crippen molar-refractivity contribution in [1.82, 2.24) is 14.8 Å². The van der Waals surface area contributed by atoms with Crippen LogP contribution in [0.5, 0.6) is 0 Å². The van der Waals surface area contributed by atoms with Crippen molar-refractivity contribution in [3.63, 3.8) is 0 Å². The van der Waals surface area contributed by atoms with E-state index in [2.05, 4.69) is 10.1 Å². The third kappa shape index (κ3) is 3.31. The number of aromatic nitrogens is 3. The largest absolute Gasteiger partial charge is 0.449 e. The molecule has 1 aliphatic heterocycles. The number of hydrogen-bond donors (Lipinski definition) is 0. The monoisotopic (exact) mass is 362 g/mol. The summed E-state index contributed by atoms with van der Waals surface area (Å²) in [5, 5.41) is 4.03. The summed E-state index contributed by atoms with van der Waals surface area (Å²) >= 11 is 0. The highest BCUT2D eigenvalue weighted by Gasteiger charge is 2.29. The molecule has 2 aromatic carbocycles. The standard InChI is InChI=1S/C20H18N4O3/c1-14(19(25)23-11-10-15-4-2-3-5-18(15)23)27-20(26)16-6-8-17(9-7-16)24-13-21-12-22-24/h2-9,12-14H,10-11H2,1H3. The topological polar surface area (TPSA) is 77.3 Å². The molecule has 1 atom stereocenters. The van der Waals surface area contributed by atoms with Gasteiger partial charge in [-0.05, 0) is 49.2 Å². The molecule has 0 aliphatic carbocycles. The lowest BCUT2D eigenvalue weighted by molar-refractivity contribution is -0.126. The Morgan fingerprint density at radius 3 is 2.63 bits per heavy atom. The van der Waals surface area contributed by atoms with Gasteiger partial charge in [0.15, 0.2) is 6.10 Å². The van der Waals surface area contributed by atoms with Crippen molar-refractivity contribution in [1.29, 1.82) is 0 Å². The van der Waals surface area contributed by atoms with E-state index in [0.29, 0.717) is 12.1 Å².